The standard InChI is InChI=1S/C14H15FN2O/c15-13-5-2-1-4-11(13)10-14(18)17(9-3-8-16)12-6-7-12/h1-2,4-5,12H,3,6-7,9-10H2. The molecule has 0 heterocycles. The van der Waals surface area contributed by atoms with E-state index in [0.717, 1.165) is 12.8 Å². The molecule has 1 aromatic rings. The predicted molar refractivity (Wildman–Crippen MR) is 65.1 cm³/mol. The molecule has 0 unspecified atom stereocenters. The number of nitrogens with zero attached hydrogens (tertiary/aromatic N) is 2. The maximum Gasteiger partial charge on any atom is 0.227 e. The van der Waals surface area contributed by atoms with Gasteiger partial charge >= 0.3 is 0 Å². The summed E-state index contributed by atoms with van der Waals surface area (Å²) in [6, 6.07) is 8.63. The highest BCUT2D eigenvalue weighted by Gasteiger charge is 2.32. The molecule has 1 aliphatic rings. The smallest absolute Gasteiger partial charge is 0.227 e. The van der Waals surface area contributed by atoms with Crippen molar-refractivity contribution in [2.45, 2.75) is 31.7 Å². The van der Waals surface area contributed by atoms with Gasteiger partial charge in [-0.1, -0.05) is 18.2 Å². The Kier molecular flexibility index (Phi) is 3.93. The van der Waals surface area contributed by atoms with E-state index in [-0.39, 0.29) is 24.2 Å². The molecule has 3 nitrogen and oxygen atoms in total. The van der Waals surface area contributed by atoms with E-state index >= 15 is 0 Å². The summed E-state index contributed by atoms with van der Waals surface area (Å²) in [6.07, 6.45) is 2.40. The zero-order chi connectivity index (χ0) is 13.0. The van der Waals surface area contributed by atoms with Crippen molar-refractivity contribution >= 4 is 5.91 Å². The second kappa shape index (κ2) is 5.63. The molecule has 0 bridgehead atoms. The van der Waals surface area contributed by atoms with E-state index in [4.69, 9.17) is 5.26 Å². The largest absolute Gasteiger partial charge is 0.338 e. The third-order valence-electron chi connectivity index (χ3n) is 3.07. The molecule has 1 amide bonds. The van der Waals surface area contributed by atoms with Gasteiger partial charge in [0.2, 0.25) is 5.91 Å². The van der Waals surface area contributed by atoms with Gasteiger partial charge in [-0.3, -0.25) is 4.79 Å². The third-order valence-corrected chi connectivity index (χ3v) is 3.07. The van der Waals surface area contributed by atoms with Gasteiger partial charge in [-0.05, 0) is 24.5 Å². The number of carbonyl (C=O) groups excluding carboxylic acids is 1. The van der Waals surface area contributed by atoms with E-state index in [1.807, 2.05) is 6.07 Å². The Balaban J connectivity index is 2.01. The van der Waals surface area contributed by atoms with Crippen LogP contribution >= 0.6 is 0 Å². The Morgan fingerprint density at radius 3 is 2.78 bits per heavy atom. The lowest BCUT2D eigenvalue weighted by atomic mass is 10.1. The van der Waals surface area contributed by atoms with Crippen LogP contribution in [0, 0.1) is 17.1 Å². The van der Waals surface area contributed by atoms with Gasteiger partial charge in [0.1, 0.15) is 5.82 Å². The first kappa shape index (κ1) is 12.6. The fourth-order valence-electron chi connectivity index (χ4n) is 1.97. The molecule has 0 aromatic heterocycles. The lowest BCUT2D eigenvalue weighted by Crippen LogP contribution is -2.35. The van der Waals surface area contributed by atoms with Crippen molar-refractivity contribution in [3.63, 3.8) is 0 Å². The second-order valence-corrected chi connectivity index (χ2v) is 4.49. The Labute approximate surface area is 106 Å². The Morgan fingerprint density at radius 2 is 2.17 bits per heavy atom. The van der Waals surface area contributed by atoms with Crippen LogP contribution < -0.4 is 0 Å². The minimum atomic E-state index is -0.345. The Hall–Kier alpha value is -1.89. The van der Waals surface area contributed by atoms with Gasteiger partial charge in [-0.15, -0.1) is 0 Å². The van der Waals surface area contributed by atoms with Crippen LogP contribution in [0.5, 0.6) is 0 Å². The Morgan fingerprint density at radius 1 is 1.44 bits per heavy atom. The highest BCUT2D eigenvalue weighted by atomic mass is 19.1. The summed E-state index contributed by atoms with van der Waals surface area (Å²) >= 11 is 0. The van der Waals surface area contributed by atoms with Crippen LogP contribution in [-0.4, -0.2) is 23.4 Å². The zero-order valence-electron chi connectivity index (χ0n) is 10.1. The summed E-state index contributed by atoms with van der Waals surface area (Å²) < 4.78 is 13.5. The molecule has 4 heteroatoms. The van der Waals surface area contributed by atoms with Crippen LogP contribution in [0.25, 0.3) is 0 Å². The van der Waals surface area contributed by atoms with E-state index in [1.54, 1.807) is 23.1 Å². The molecule has 1 saturated carbocycles. The minimum Gasteiger partial charge on any atom is -0.338 e. The summed E-state index contributed by atoms with van der Waals surface area (Å²) in [6.45, 7) is 0.453. The zero-order valence-corrected chi connectivity index (χ0v) is 10.1. The van der Waals surface area contributed by atoms with Crippen molar-refractivity contribution in [2.24, 2.45) is 0 Å². The van der Waals surface area contributed by atoms with Gasteiger partial charge in [-0.2, -0.15) is 5.26 Å². The maximum atomic E-state index is 13.5. The highest BCUT2D eigenvalue weighted by Crippen LogP contribution is 2.27. The van der Waals surface area contributed by atoms with Crippen molar-refractivity contribution in [3.05, 3.63) is 35.6 Å². The maximum absolute atomic E-state index is 13.5. The molecule has 94 valence electrons. The van der Waals surface area contributed by atoms with Crippen molar-refractivity contribution in [1.29, 1.82) is 5.26 Å². The molecular formula is C14H15FN2O. The van der Waals surface area contributed by atoms with Crippen molar-refractivity contribution in [3.8, 4) is 6.07 Å². The normalized spacial score (nSPS) is 14.0. The molecule has 2 rings (SSSR count). The van der Waals surface area contributed by atoms with Gasteiger partial charge in [0.05, 0.1) is 18.9 Å². The fraction of sp³-hybridized carbons (Fsp3) is 0.429. The predicted octanol–water partition coefficient (Wildman–Crippen LogP) is 2.27. The number of hydrogen-bond donors (Lipinski definition) is 0. The number of amides is 1. The van der Waals surface area contributed by atoms with Crippen LogP contribution in [0.15, 0.2) is 24.3 Å². The quantitative estimate of drug-likeness (QED) is 0.800. The lowest BCUT2D eigenvalue weighted by molar-refractivity contribution is -0.131. The number of rotatable bonds is 5. The van der Waals surface area contributed by atoms with E-state index in [1.165, 1.54) is 6.07 Å². The molecular weight excluding hydrogens is 231 g/mol. The molecule has 1 fully saturated rings. The number of carbonyl (C=O) groups is 1. The number of benzene rings is 1. The Bertz CT molecular complexity index is 477. The molecule has 0 radical (unpaired) electrons. The van der Waals surface area contributed by atoms with Gasteiger partial charge in [0, 0.05) is 12.6 Å². The summed E-state index contributed by atoms with van der Waals surface area (Å²) in [5.41, 5.74) is 0.421. The molecule has 0 spiro atoms. The summed E-state index contributed by atoms with van der Waals surface area (Å²) in [5.74, 6) is -0.431. The van der Waals surface area contributed by atoms with Gasteiger partial charge < -0.3 is 4.90 Å². The van der Waals surface area contributed by atoms with E-state index in [0.29, 0.717) is 18.5 Å². The third kappa shape index (κ3) is 3.07. The summed E-state index contributed by atoms with van der Waals surface area (Å²) in [4.78, 5) is 13.8. The van der Waals surface area contributed by atoms with Crippen LogP contribution in [0.2, 0.25) is 0 Å². The molecule has 0 atom stereocenters. The molecule has 0 aliphatic heterocycles. The minimum absolute atomic E-state index is 0.0780. The topological polar surface area (TPSA) is 44.1 Å². The average Bonchev–Trinajstić information content (AvgIpc) is 3.17. The number of nitriles is 1. The molecule has 0 saturated heterocycles. The lowest BCUT2D eigenvalue weighted by Gasteiger charge is -2.21. The number of hydrogen-bond acceptors (Lipinski definition) is 2. The second-order valence-electron chi connectivity index (χ2n) is 4.49. The molecule has 1 aromatic carbocycles. The fourth-order valence-corrected chi connectivity index (χ4v) is 1.97. The molecule has 0 N–H and O–H groups in total. The highest BCUT2D eigenvalue weighted by molar-refractivity contribution is 5.79. The summed E-state index contributed by atoms with van der Waals surface area (Å²) in [7, 11) is 0. The molecule has 18 heavy (non-hydrogen) atoms. The SMILES string of the molecule is N#CCCN(C(=O)Cc1ccccc1F)C1CC1. The van der Waals surface area contributed by atoms with Crippen LogP contribution in [0.3, 0.4) is 0 Å². The first-order valence-electron chi connectivity index (χ1n) is 6.12. The van der Waals surface area contributed by atoms with Gasteiger partial charge in [0.25, 0.3) is 0 Å². The number of halogens is 1. The van der Waals surface area contributed by atoms with E-state index in [2.05, 4.69) is 0 Å². The van der Waals surface area contributed by atoms with Crippen molar-refractivity contribution < 1.29 is 9.18 Å². The summed E-state index contributed by atoms with van der Waals surface area (Å²) in [5, 5.41) is 8.58. The average molecular weight is 246 g/mol. The van der Waals surface area contributed by atoms with Crippen LogP contribution in [0.1, 0.15) is 24.8 Å². The van der Waals surface area contributed by atoms with Crippen molar-refractivity contribution in [1.82, 2.24) is 4.90 Å². The van der Waals surface area contributed by atoms with Crippen molar-refractivity contribution in [2.75, 3.05) is 6.54 Å². The van der Waals surface area contributed by atoms with Crippen LogP contribution in [0.4, 0.5) is 4.39 Å². The first-order chi connectivity index (χ1) is 8.72. The van der Waals surface area contributed by atoms with E-state index in [9.17, 15) is 9.18 Å². The molecule has 1 aliphatic carbocycles. The van der Waals surface area contributed by atoms with Crippen LogP contribution in [-0.2, 0) is 11.2 Å². The first-order valence-corrected chi connectivity index (χ1v) is 6.12. The van der Waals surface area contributed by atoms with Gasteiger partial charge in [-0.25, -0.2) is 4.39 Å². The van der Waals surface area contributed by atoms with E-state index < -0.39 is 0 Å². The van der Waals surface area contributed by atoms with Gasteiger partial charge in [0.15, 0.2) is 0 Å². The monoisotopic (exact) mass is 246 g/mol.